The summed E-state index contributed by atoms with van der Waals surface area (Å²) < 4.78 is 63.1. The second-order valence-corrected chi connectivity index (χ2v) is 12.3. The summed E-state index contributed by atoms with van der Waals surface area (Å²) in [6.45, 7) is 1.84. The van der Waals surface area contributed by atoms with Gasteiger partial charge in [0, 0.05) is 24.1 Å². The number of fused-ring (bicyclic) bond motifs is 1. The highest BCUT2D eigenvalue weighted by molar-refractivity contribution is 7.91. The number of hydrogen-bond donors (Lipinski definition) is 1. The maximum atomic E-state index is 13.4. The van der Waals surface area contributed by atoms with E-state index in [0.717, 1.165) is 12.5 Å². The van der Waals surface area contributed by atoms with Crippen molar-refractivity contribution in [2.45, 2.75) is 29.3 Å². The lowest BCUT2D eigenvalue weighted by Gasteiger charge is -2.18. The lowest BCUT2D eigenvalue weighted by molar-refractivity contribution is 0.0937. The number of nitrogens with zero attached hydrogens (tertiary/aromatic N) is 3. The molecule has 0 aliphatic rings. The third-order valence-electron chi connectivity index (χ3n) is 5.66. The first-order chi connectivity index (χ1) is 16.9. The highest BCUT2D eigenvalue weighted by Crippen LogP contribution is 2.27. The van der Waals surface area contributed by atoms with Gasteiger partial charge in [0.25, 0.3) is 5.91 Å². The highest BCUT2D eigenvalue weighted by atomic mass is 32.2. The van der Waals surface area contributed by atoms with Crippen LogP contribution < -0.4 is 5.32 Å². The van der Waals surface area contributed by atoms with E-state index in [-0.39, 0.29) is 15.5 Å². The smallest absolute Gasteiger partial charge is 0.252 e. The summed E-state index contributed by atoms with van der Waals surface area (Å²) in [6.07, 6.45) is 5.40. The van der Waals surface area contributed by atoms with E-state index in [9.17, 15) is 26.0 Å². The summed E-state index contributed by atoms with van der Waals surface area (Å²) in [5.74, 6) is -0.972. The Hall–Kier alpha value is -3.64. The molecule has 188 valence electrons. The molecule has 0 radical (unpaired) electrons. The van der Waals surface area contributed by atoms with E-state index < -0.39 is 37.4 Å². The van der Waals surface area contributed by atoms with E-state index in [4.69, 9.17) is 0 Å². The molecular formula is C24H23FN4O5S2. The quantitative estimate of drug-likeness (QED) is 0.388. The summed E-state index contributed by atoms with van der Waals surface area (Å²) in [5.41, 5.74) is 1.55. The fourth-order valence-electron chi connectivity index (χ4n) is 3.77. The average molecular weight is 531 g/mol. The Bertz CT molecular complexity index is 1660. The number of rotatable bonds is 7. The lowest BCUT2D eigenvalue weighted by atomic mass is 10.0. The van der Waals surface area contributed by atoms with Crippen LogP contribution in [-0.2, 0) is 19.7 Å². The Kier molecular flexibility index (Phi) is 6.67. The number of halogens is 1. The Balaban J connectivity index is 1.77. The van der Waals surface area contributed by atoms with E-state index in [2.05, 4.69) is 15.4 Å². The molecule has 4 rings (SSSR count). The van der Waals surface area contributed by atoms with E-state index in [1.807, 2.05) is 6.92 Å². The minimum Gasteiger partial charge on any atom is -0.345 e. The van der Waals surface area contributed by atoms with Crippen molar-refractivity contribution in [3.63, 3.8) is 0 Å². The summed E-state index contributed by atoms with van der Waals surface area (Å²) >= 11 is 0. The van der Waals surface area contributed by atoms with Crippen LogP contribution in [0.25, 0.3) is 16.6 Å². The topological polar surface area (TPSA) is 128 Å². The van der Waals surface area contributed by atoms with Crippen LogP contribution in [0, 0.1) is 5.82 Å². The van der Waals surface area contributed by atoms with Crippen LogP contribution in [0.3, 0.4) is 0 Å². The number of nitrogens with one attached hydrogen (secondary N) is 1. The molecule has 2 heterocycles. The summed E-state index contributed by atoms with van der Waals surface area (Å²) in [5, 5.41) is 7.51. The first-order valence-corrected chi connectivity index (χ1v) is 14.6. The van der Waals surface area contributed by atoms with Gasteiger partial charge in [0.2, 0.25) is 0 Å². The van der Waals surface area contributed by atoms with Crippen molar-refractivity contribution >= 4 is 36.5 Å². The third kappa shape index (κ3) is 5.14. The molecule has 4 aromatic rings. The summed E-state index contributed by atoms with van der Waals surface area (Å²) in [7, 11) is -7.16. The molecule has 0 aliphatic heterocycles. The zero-order valence-electron chi connectivity index (χ0n) is 19.6. The van der Waals surface area contributed by atoms with Gasteiger partial charge in [-0.2, -0.15) is 5.10 Å². The van der Waals surface area contributed by atoms with Gasteiger partial charge in [-0.25, -0.2) is 30.9 Å². The number of carbonyl (C=O) groups is 1. The molecule has 0 saturated carbocycles. The predicted octanol–water partition coefficient (Wildman–Crippen LogP) is 3.25. The Morgan fingerprint density at radius 2 is 1.69 bits per heavy atom. The molecule has 12 heteroatoms. The molecule has 36 heavy (non-hydrogen) atoms. The lowest BCUT2D eigenvalue weighted by Crippen LogP contribution is -2.28. The van der Waals surface area contributed by atoms with Crippen molar-refractivity contribution < 1.29 is 26.0 Å². The maximum Gasteiger partial charge on any atom is 0.252 e. The molecule has 0 spiro atoms. The van der Waals surface area contributed by atoms with E-state index in [1.165, 1.54) is 59.5 Å². The second-order valence-electron chi connectivity index (χ2n) is 8.34. The second kappa shape index (κ2) is 9.43. The maximum absolute atomic E-state index is 13.4. The predicted molar refractivity (Wildman–Crippen MR) is 132 cm³/mol. The standard InChI is InChI=1S/C24H23FN4O5S2/c1-4-21(15-5-10-23(26-13-15)36(3,33)34)28-24(30)19-11-18(35(2,31)32)12-22-20(19)14-27-29(22)17-8-6-16(25)7-9-17/h5-14,21H,4H2,1-3H3,(H,28,30)/t21-/m0/s1. The number of benzene rings is 2. The van der Waals surface area contributed by atoms with Crippen molar-refractivity contribution in [1.29, 1.82) is 0 Å². The molecule has 0 aliphatic carbocycles. The van der Waals surface area contributed by atoms with Gasteiger partial charge in [-0.1, -0.05) is 13.0 Å². The van der Waals surface area contributed by atoms with Crippen molar-refractivity contribution in [2.24, 2.45) is 0 Å². The van der Waals surface area contributed by atoms with Crippen molar-refractivity contribution in [3.05, 3.63) is 77.9 Å². The monoisotopic (exact) mass is 530 g/mol. The first kappa shape index (κ1) is 25.5. The third-order valence-corrected chi connectivity index (χ3v) is 7.75. The van der Waals surface area contributed by atoms with Gasteiger partial charge in [0.15, 0.2) is 24.7 Å². The average Bonchev–Trinajstić information content (AvgIpc) is 3.25. The summed E-state index contributed by atoms with van der Waals surface area (Å²) in [4.78, 5) is 17.3. The van der Waals surface area contributed by atoms with Crippen LogP contribution in [0.2, 0.25) is 0 Å². The number of hydrogen-bond acceptors (Lipinski definition) is 7. The molecule has 0 unspecified atom stereocenters. The number of sulfone groups is 2. The Labute approximate surface area is 207 Å². The van der Waals surface area contributed by atoms with Gasteiger partial charge >= 0.3 is 0 Å². The van der Waals surface area contributed by atoms with Gasteiger partial charge in [-0.05, 0) is 54.4 Å². The summed E-state index contributed by atoms with van der Waals surface area (Å²) in [6, 6.07) is 10.6. The Morgan fingerprint density at radius 3 is 2.25 bits per heavy atom. The van der Waals surface area contributed by atoms with Gasteiger partial charge in [-0.3, -0.25) is 4.79 Å². The molecule has 2 aromatic carbocycles. The van der Waals surface area contributed by atoms with Gasteiger partial charge < -0.3 is 5.32 Å². The van der Waals surface area contributed by atoms with Crippen LogP contribution in [0.4, 0.5) is 4.39 Å². The molecule has 0 fully saturated rings. The largest absolute Gasteiger partial charge is 0.345 e. The molecule has 0 bridgehead atoms. The number of pyridine rings is 1. The number of aromatic nitrogens is 3. The van der Waals surface area contributed by atoms with Crippen LogP contribution >= 0.6 is 0 Å². The molecule has 9 nitrogen and oxygen atoms in total. The fourth-order valence-corrected chi connectivity index (χ4v) is 4.98. The van der Waals surface area contributed by atoms with Crippen molar-refractivity contribution in [1.82, 2.24) is 20.1 Å². The van der Waals surface area contributed by atoms with Crippen molar-refractivity contribution in [3.8, 4) is 5.69 Å². The Morgan fingerprint density at radius 1 is 1.00 bits per heavy atom. The minimum absolute atomic E-state index is 0.0729. The SMILES string of the molecule is CC[C@H](NC(=O)c1cc(S(C)(=O)=O)cc2c1cnn2-c1ccc(F)cc1)c1ccc(S(C)(=O)=O)nc1. The fraction of sp³-hybridized carbons (Fsp3) is 0.208. The van der Waals surface area contributed by atoms with E-state index in [1.54, 1.807) is 6.07 Å². The van der Waals surface area contributed by atoms with E-state index in [0.29, 0.717) is 28.6 Å². The van der Waals surface area contributed by atoms with Gasteiger partial charge in [0.05, 0.1) is 33.9 Å². The van der Waals surface area contributed by atoms with Crippen LogP contribution in [-0.4, -0.2) is 50.0 Å². The van der Waals surface area contributed by atoms with Crippen LogP contribution in [0.15, 0.2) is 70.8 Å². The van der Waals surface area contributed by atoms with E-state index >= 15 is 0 Å². The van der Waals surface area contributed by atoms with Gasteiger partial charge in [-0.15, -0.1) is 0 Å². The van der Waals surface area contributed by atoms with Gasteiger partial charge in [0.1, 0.15) is 5.82 Å². The molecule has 2 aromatic heterocycles. The zero-order chi connectivity index (χ0) is 26.3. The number of amides is 1. The zero-order valence-corrected chi connectivity index (χ0v) is 21.3. The highest BCUT2D eigenvalue weighted by Gasteiger charge is 2.22. The van der Waals surface area contributed by atoms with Crippen LogP contribution in [0.1, 0.15) is 35.3 Å². The molecule has 1 amide bonds. The normalized spacial score (nSPS) is 13.0. The molecule has 1 atom stereocenters. The first-order valence-electron chi connectivity index (χ1n) is 10.8. The minimum atomic E-state index is -3.69. The number of carbonyl (C=O) groups excluding carboxylic acids is 1. The van der Waals surface area contributed by atoms with Crippen LogP contribution in [0.5, 0.6) is 0 Å². The molecular weight excluding hydrogens is 507 g/mol. The van der Waals surface area contributed by atoms with Crippen molar-refractivity contribution in [2.75, 3.05) is 12.5 Å². The molecule has 0 saturated heterocycles. The molecule has 1 N–H and O–H groups in total.